The summed E-state index contributed by atoms with van der Waals surface area (Å²) in [4.78, 5) is 7.99. The Morgan fingerprint density at radius 3 is 2.45 bits per heavy atom. The Labute approximate surface area is 179 Å². The number of aryl methyl sites for hydroxylation is 1. The van der Waals surface area contributed by atoms with Crippen LogP contribution in [0.3, 0.4) is 0 Å². The maximum absolute atomic E-state index is 10.9. The molecule has 4 N–H and O–H groups in total. The van der Waals surface area contributed by atoms with Crippen LogP contribution in [0.5, 0.6) is 5.75 Å². The second kappa shape index (κ2) is 6.82. The van der Waals surface area contributed by atoms with Crippen molar-refractivity contribution in [2.24, 2.45) is 0 Å². The molecule has 6 rings (SSSR count). The average molecular weight is 407 g/mol. The first-order chi connectivity index (χ1) is 15.2. The highest BCUT2D eigenvalue weighted by molar-refractivity contribution is 5.83. The van der Waals surface area contributed by atoms with Crippen molar-refractivity contribution in [2.75, 3.05) is 0 Å². The molecule has 1 aliphatic heterocycles. The number of rotatable bonds is 3. The van der Waals surface area contributed by atoms with Gasteiger partial charge < -0.3 is 15.4 Å². The lowest BCUT2D eigenvalue weighted by Crippen LogP contribution is -1.99. The van der Waals surface area contributed by atoms with E-state index in [0.717, 1.165) is 35.2 Å². The number of imidazole rings is 1. The summed E-state index contributed by atoms with van der Waals surface area (Å²) in [6.07, 6.45) is 0. The molecule has 0 amide bonds. The molecular formula is C25H21N5O. The highest BCUT2D eigenvalue weighted by atomic mass is 16.3. The topological polar surface area (TPSA) is 89.6 Å². The molecule has 152 valence electrons. The minimum absolute atomic E-state index is 0.0940. The van der Waals surface area contributed by atoms with Gasteiger partial charge in [0.05, 0.1) is 11.0 Å². The Balaban J connectivity index is 1.35. The van der Waals surface area contributed by atoms with Gasteiger partial charge in [-0.15, -0.1) is 0 Å². The lowest BCUT2D eigenvalue weighted by Gasteiger charge is -2.04. The van der Waals surface area contributed by atoms with E-state index in [-0.39, 0.29) is 5.75 Å². The molecule has 0 fully saturated rings. The van der Waals surface area contributed by atoms with Crippen molar-refractivity contribution in [3.05, 3.63) is 77.4 Å². The second-order valence-corrected chi connectivity index (χ2v) is 8.07. The average Bonchev–Trinajstić information content (AvgIpc) is 3.49. The van der Waals surface area contributed by atoms with Crippen molar-refractivity contribution < 1.29 is 5.11 Å². The van der Waals surface area contributed by atoms with Gasteiger partial charge in [-0.05, 0) is 41.3 Å². The summed E-state index contributed by atoms with van der Waals surface area (Å²) in [5.74, 6) is 0.677. The van der Waals surface area contributed by atoms with Gasteiger partial charge >= 0.3 is 0 Å². The number of fused-ring (bicyclic) bond motifs is 2. The van der Waals surface area contributed by atoms with E-state index in [4.69, 9.17) is 0 Å². The molecule has 3 heterocycles. The summed E-state index contributed by atoms with van der Waals surface area (Å²) in [7, 11) is 0. The number of hydrogen-bond acceptors (Lipinski definition) is 4. The van der Waals surface area contributed by atoms with E-state index in [2.05, 4.69) is 80.9 Å². The quantitative estimate of drug-likeness (QED) is 0.342. The summed E-state index contributed by atoms with van der Waals surface area (Å²) >= 11 is 0. The molecule has 0 aliphatic carbocycles. The smallest absolute Gasteiger partial charge is 0.172 e. The molecule has 0 spiro atoms. The van der Waals surface area contributed by atoms with Crippen LogP contribution in [0, 0.1) is 6.92 Å². The molecule has 0 radical (unpaired) electrons. The number of hydrogen-bond donors (Lipinski definition) is 4. The van der Waals surface area contributed by atoms with Crippen molar-refractivity contribution in [2.45, 2.75) is 20.0 Å². The van der Waals surface area contributed by atoms with Gasteiger partial charge in [-0.25, -0.2) is 4.98 Å². The Morgan fingerprint density at radius 2 is 1.65 bits per heavy atom. The molecule has 6 nitrogen and oxygen atoms in total. The molecule has 0 saturated carbocycles. The van der Waals surface area contributed by atoms with E-state index in [1.54, 1.807) is 0 Å². The number of H-pyrrole nitrogens is 2. The molecule has 6 heteroatoms. The van der Waals surface area contributed by atoms with Crippen molar-refractivity contribution in [1.82, 2.24) is 25.5 Å². The van der Waals surface area contributed by atoms with Crippen molar-refractivity contribution in [3.8, 4) is 39.7 Å². The van der Waals surface area contributed by atoms with Gasteiger partial charge in [0.2, 0.25) is 0 Å². The zero-order chi connectivity index (χ0) is 20.9. The molecule has 0 saturated heterocycles. The zero-order valence-corrected chi connectivity index (χ0v) is 17.0. The largest absolute Gasteiger partial charge is 0.504 e. The maximum Gasteiger partial charge on any atom is 0.172 e. The van der Waals surface area contributed by atoms with E-state index < -0.39 is 0 Å². The Morgan fingerprint density at radius 1 is 0.871 bits per heavy atom. The van der Waals surface area contributed by atoms with E-state index in [1.807, 2.05) is 12.1 Å². The normalized spacial score (nSPS) is 13.1. The van der Waals surface area contributed by atoms with E-state index in [1.165, 1.54) is 22.3 Å². The van der Waals surface area contributed by atoms with Crippen LogP contribution in [0.1, 0.15) is 16.7 Å². The van der Waals surface area contributed by atoms with Crippen molar-refractivity contribution in [3.63, 3.8) is 0 Å². The first kappa shape index (κ1) is 17.9. The molecule has 31 heavy (non-hydrogen) atoms. The van der Waals surface area contributed by atoms with Crippen LogP contribution in [0.2, 0.25) is 0 Å². The molecular weight excluding hydrogens is 386 g/mol. The van der Waals surface area contributed by atoms with E-state index in [9.17, 15) is 5.11 Å². The summed E-state index contributed by atoms with van der Waals surface area (Å²) in [6, 6.07) is 20.7. The van der Waals surface area contributed by atoms with Crippen molar-refractivity contribution >= 4 is 11.0 Å². The maximum atomic E-state index is 10.9. The second-order valence-electron chi connectivity index (χ2n) is 8.07. The number of aromatic amines is 2. The van der Waals surface area contributed by atoms with Gasteiger partial charge in [0.25, 0.3) is 0 Å². The van der Waals surface area contributed by atoms with Gasteiger partial charge in [0.15, 0.2) is 11.6 Å². The monoisotopic (exact) mass is 407 g/mol. The SMILES string of the molecule is Cc1cccc(-c2ccc(-c3n[nH]c(-c4nc5cc6c(cc5[nH]4)CNC6)c3O)cc2)c1. The minimum Gasteiger partial charge on any atom is -0.504 e. The summed E-state index contributed by atoms with van der Waals surface area (Å²) in [5.41, 5.74) is 9.77. The fraction of sp³-hybridized carbons (Fsp3) is 0.120. The van der Waals surface area contributed by atoms with Crippen LogP contribution in [0.15, 0.2) is 60.7 Å². The van der Waals surface area contributed by atoms with Gasteiger partial charge in [0.1, 0.15) is 11.4 Å². The first-order valence-electron chi connectivity index (χ1n) is 10.3. The number of nitrogens with zero attached hydrogens (tertiary/aromatic N) is 2. The molecule has 3 aromatic carbocycles. The minimum atomic E-state index is 0.0940. The molecule has 0 unspecified atom stereocenters. The van der Waals surface area contributed by atoms with Crippen molar-refractivity contribution in [1.29, 1.82) is 0 Å². The van der Waals surface area contributed by atoms with Crippen LogP contribution in [0.25, 0.3) is 44.9 Å². The van der Waals surface area contributed by atoms with Crippen LogP contribution >= 0.6 is 0 Å². The molecule has 0 bridgehead atoms. The van der Waals surface area contributed by atoms with Crippen LogP contribution in [0.4, 0.5) is 0 Å². The standard InChI is InChI=1S/C25H21N5O/c1-14-3-2-4-17(9-14)15-5-7-16(8-6-15)22-24(31)23(30-29-22)25-27-20-10-18-12-26-13-19(18)11-21(20)28-25/h2-11,26,31H,12-13H2,1H3,(H,27,28)(H,29,30). The summed E-state index contributed by atoms with van der Waals surface area (Å²) in [6.45, 7) is 3.83. The van der Waals surface area contributed by atoms with Crippen LogP contribution in [-0.2, 0) is 13.1 Å². The predicted octanol–water partition coefficient (Wildman–Crippen LogP) is 4.90. The Kier molecular flexibility index (Phi) is 3.94. The highest BCUT2D eigenvalue weighted by Gasteiger charge is 2.20. The lowest BCUT2D eigenvalue weighted by atomic mass is 10.0. The van der Waals surface area contributed by atoms with Gasteiger partial charge in [-0.3, -0.25) is 5.10 Å². The Bertz CT molecular complexity index is 1390. The van der Waals surface area contributed by atoms with Gasteiger partial charge in [-0.1, -0.05) is 54.1 Å². The fourth-order valence-corrected chi connectivity index (χ4v) is 4.27. The summed E-state index contributed by atoms with van der Waals surface area (Å²) < 4.78 is 0. The first-order valence-corrected chi connectivity index (χ1v) is 10.3. The Hall–Kier alpha value is -3.90. The molecule has 5 aromatic rings. The number of aromatic hydroxyl groups is 1. The van der Waals surface area contributed by atoms with E-state index in [0.29, 0.717) is 17.2 Å². The third-order valence-electron chi connectivity index (χ3n) is 5.92. The number of benzene rings is 3. The lowest BCUT2D eigenvalue weighted by molar-refractivity contribution is 0.479. The third kappa shape index (κ3) is 3.00. The zero-order valence-electron chi connectivity index (χ0n) is 17.0. The predicted molar refractivity (Wildman–Crippen MR) is 121 cm³/mol. The molecule has 2 aromatic heterocycles. The number of nitrogens with one attached hydrogen (secondary N) is 3. The van der Waals surface area contributed by atoms with Gasteiger partial charge in [-0.2, -0.15) is 5.10 Å². The molecule has 0 atom stereocenters. The van der Waals surface area contributed by atoms with E-state index >= 15 is 0 Å². The van der Waals surface area contributed by atoms with Gasteiger partial charge in [0, 0.05) is 18.7 Å². The molecule has 1 aliphatic rings. The third-order valence-corrected chi connectivity index (χ3v) is 5.92. The van der Waals surface area contributed by atoms with Crippen LogP contribution < -0.4 is 5.32 Å². The summed E-state index contributed by atoms with van der Waals surface area (Å²) in [5, 5.41) is 21.6. The number of aromatic nitrogens is 4. The highest BCUT2D eigenvalue weighted by Crippen LogP contribution is 2.36. The van der Waals surface area contributed by atoms with Crippen LogP contribution in [-0.4, -0.2) is 25.3 Å². The fourth-order valence-electron chi connectivity index (χ4n) is 4.27.